The fraction of sp³-hybridized carbons (Fsp3) is 0.417. The topological polar surface area (TPSA) is 41.1 Å². The third-order valence-corrected chi connectivity index (χ3v) is 2.28. The first-order valence-corrected chi connectivity index (χ1v) is 5.69. The van der Waals surface area contributed by atoms with E-state index >= 15 is 0 Å². The van der Waals surface area contributed by atoms with Crippen LogP contribution in [0.15, 0.2) is 12.1 Å². The number of carbonyl (C=O) groups is 1. The molecule has 0 aliphatic heterocycles. The summed E-state index contributed by atoms with van der Waals surface area (Å²) < 4.78 is 38.9. The third kappa shape index (κ3) is 4.27. The van der Waals surface area contributed by atoms with Gasteiger partial charge in [0.1, 0.15) is 5.82 Å². The summed E-state index contributed by atoms with van der Waals surface area (Å²) in [5, 5.41) is 4.95. The van der Waals surface area contributed by atoms with Crippen LogP contribution in [0.3, 0.4) is 0 Å². The minimum Gasteiger partial charge on any atom is -0.374 e. The molecule has 0 saturated carbocycles. The van der Waals surface area contributed by atoms with Gasteiger partial charge in [0, 0.05) is 18.7 Å². The van der Waals surface area contributed by atoms with Crippen molar-refractivity contribution in [3.05, 3.63) is 29.6 Å². The molecule has 18 heavy (non-hydrogen) atoms. The Hall–Kier alpha value is -1.72. The van der Waals surface area contributed by atoms with Crippen molar-refractivity contribution in [1.29, 1.82) is 0 Å². The van der Waals surface area contributed by atoms with Gasteiger partial charge in [-0.2, -0.15) is 0 Å². The van der Waals surface area contributed by atoms with Gasteiger partial charge in [-0.1, -0.05) is 13.3 Å². The number of carbonyl (C=O) groups excluding carboxylic acids is 1. The van der Waals surface area contributed by atoms with Gasteiger partial charge in [0.15, 0.2) is 11.6 Å². The SMILES string of the molecule is CCCCNC(=O)CNc1cc(F)cc(F)c1F. The van der Waals surface area contributed by atoms with Crippen LogP contribution in [0, 0.1) is 17.5 Å². The number of benzene rings is 1. The van der Waals surface area contributed by atoms with Crippen LogP contribution in [0.2, 0.25) is 0 Å². The molecule has 0 heterocycles. The number of unbranched alkanes of at least 4 members (excludes halogenated alkanes) is 1. The van der Waals surface area contributed by atoms with Crippen LogP contribution in [0.25, 0.3) is 0 Å². The maximum Gasteiger partial charge on any atom is 0.239 e. The van der Waals surface area contributed by atoms with Crippen molar-refractivity contribution >= 4 is 11.6 Å². The summed E-state index contributed by atoms with van der Waals surface area (Å²) in [6.07, 6.45) is 1.78. The molecule has 0 saturated heterocycles. The van der Waals surface area contributed by atoms with E-state index in [9.17, 15) is 18.0 Å². The monoisotopic (exact) mass is 260 g/mol. The van der Waals surface area contributed by atoms with Gasteiger partial charge in [-0.15, -0.1) is 0 Å². The van der Waals surface area contributed by atoms with Crippen molar-refractivity contribution in [3.8, 4) is 0 Å². The van der Waals surface area contributed by atoms with Crippen molar-refractivity contribution in [2.75, 3.05) is 18.4 Å². The van der Waals surface area contributed by atoms with E-state index in [-0.39, 0.29) is 18.1 Å². The predicted octanol–water partition coefficient (Wildman–Crippen LogP) is 2.43. The zero-order valence-corrected chi connectivity index (χ0v) is 10.0. The molecule has 1 aromatic rings. The number of amides is 1. The molecule has 100 valence electrons. The largest absolute Gasteiger partial charge is 0.374 e. The van der Waals surface area contributed by atoms with Gasteiger partial charge < -0.3 is 10.6 Å². The molecule has 0 bridgehead atoms. The lowest BCUT2D eigenvalue weighted by molar-refractivity contribution is -0.119. The molecule has 1 rings (SSSR count). The van der Waals surface area contributed by atoms with Gasteiger partial charge >= 0.3 is 0 Å². The van der Waals surface area contributed by atoms with E-state index in [0.717, 1.165) is 18.9 Å². The summed E-state index contributed by atoms with van der Waals surface area (Å²) in [6.45, 7) is 2.27. The van der Waals surface area contributed by atoms with Crippen LogP contribution in [0.4, 0.5) is 18.9 Å². The summed E-state index contributed by atoms with van der Waals surface area (Å²) in [6, 6.07) is 1.25. The van der Waals surface area contributed by atoms with E-state index < -0.39 is 17.5 Å². The lowest BCUT2D eigenvalue weighted by atomic mass is 10.2. The molecule has 3 nitrogen and oxygen atoms in total. The van der Waals surface area contributed by atoms with Gasteiger partial charge in [-0.3, -0.25) is 4.79 Å². The van der Waals surface area contributed by atoms with Crippen LogP contribution in [0.1, 0.15) is 19.8 Å². The van der Waals surface area contributed by atoms with Crippen LogP contribution in [-0.2, 0) is 4.79 Å². The van der Waals surface area contributed by atoms with E-state index in [1.54, 1.807) is 0 Å². The van der Waals surface area contributed by atoms with Crippen LogP contribution < -0.4 is 10.6 Å². The van der Waals surface area contributed by atoms with Crippen molar-refractivity contribution in [2.45, 2.75) is 19.8 Å². The van der Waals surface area contributed by atoms with Gasteiger partial charge in [-0.05, 0) is 6.42 Å². The van der Waals surface area contributed by atoms with Crippen molar-refractivity contribution < 1.29 is 18.0 Å². The quantitative estimate of drug-likeness (QED) is 0.609. The highest BCUT2D eigenvalue weighted by atomic mass is 19.2. The van der Waals surface area contributed by atoms with Gasteiger partial charge in [-0.25, -0.2) is 13.2 Å². The predicted molar refractivity (Wildman–Crippen MR) is 62.7 cm³/mol. The van der Waals surface area contributed by atoms with Crippen LogP contribution in [0.5, 0.6) is 0 Å². The van der Waals surface area contributed by atoms with Gasteiger partial charge in [0.2, 0.25) is 5.91 Å². The normalized spacial score (nSPS) is 10.2. The molecule has 0 aromatic heterocycles. The molecule has 0 aliphatic rings. The minimum absolute atomic E-state index is 0.233. The molecular formula is C12H15F3N2O. The standard InChI is InChI=1S/C12H15F3N2O/c1-2-3-4-16-11(18)7-17-10-6-8(13)5-9(14)12(10)15/h5-6,17H,2-4,7H2,1H3,(H,16,18). The van der Waals surface area contributed by atoms with E-state index in [1.165, 1.54) is 0 Å². The summed E-state index contributed by atoms with van der Waals surface area (Å²) in [5.41, 5.74) is -0.363. The fourth-order valence-corrected chi connectivity index (χ4v) is 1.33. The molecule has 2 N–H and O–H groups in total. The zero-order valence-electron chi connectivity index (χ0n) is 10.0. The first-order valence-electron chi connectivity index (χ1n) is 5.69. The second-order valence-corrected chi connectivity index (χ2v) is 3.81. The first kappa shape index (κ1) is 14.3. The highest BCUT2D eigenvalue weighted by Gasteiger charge is 2.11. The second kappa shape index (κ2) is 6.88. The van der Waals surface area contributed by atoms with E-state index in [0.29, 0.717) is 12.6 Å². The minimum atomic E-state index is -1.29. The Labute approximate surface area is 103 Å². The Bertz CT molecular complexity index is 424. The summed E-state index contributed by atoms with van der Waals surface area (Å²) in [7, 11) is 0. The van der Waals surface area contributed by atoms with E-state index in [4.69, 9.17) is 0 Å². The Kier molecular flexibility index (Phi) is 5.48. The molecule has 0 radical (unpaired) electrons. The molecular weight excluding hydrogens is 245 g/mol. The highest BCUT2D eigenvalue weighted by molar-refractivity contribution is 5.80. The van der Waals surface area contributed by atoms with Crippen molar-refractivity contribution in [3.63, 3.8) is 0 Å². The molecule has 0 spiro atoms. The Morgan fingerprint density at radius 2 is 2.00 bits per heavy atom. The molecule has 0 fully saturated rings. The fourth-order valence-electron chi connectivity index (χ4n) is 1.33. The molecule has 1 aromatic carbocycles. The average Bonchev–Trinajstić information content (AvgIpc) is 2.32. The van der Waals surface area contributed by atoms with Crippen LogP contribution >= 0.6 is 0 Å². The number of hydrogen-bond acceptors (Lipinski definition) is 2. The summed E-state index contributed by atoms with van der Waals surface area (Å²) in [4.78, 5) is 11.3. The van der Waals surface area contributed by atoms with E-state index in [2.05, 4.69) is 10.6 Å². The number of nitrogens with one attached hydrogen (secondary N) is 2. The summed E-state index contributed by atoms with van der Waals surface area (Å²) in [5.74, 6) is -3.74. The molecule has 1 amide bonds. The van der Waals surface area contributed by atoms with Crippen molar-refractivity contribution in [2.24, 2.45) is 0 Å². The maximum atomic E-state index is 13.2. The smallest absolute Gasteiger partial charge is 0.239 e. The maximum absolute atomic E-state index is 13.2. The van der Waals surface area contributed by atoms with Gasteiger partial charge in [0.05, 0.1) is 12.2 Å². The number of anilines is 1. The van der Waals surface area contributed by atoms with Gasteiger partial charge in [0.25, 0.3) is 0 Å². The molecule has 6 heteroatoms. The van der Waals surface area contributed by atoms with E-state index in [1.807, 2.05) is 6.92 Å². The lowest BCUT2D eigenvalue weighted by Gasteiger charge is -2.08. The first-order chi connectivity index (χ1) is 8.54. The Balaban J connectivity index is 2.50. The highest BCUT2D eigenvalue weighted by Crippen LogP contribution is 2.18. The average molecular weight is 260 g/mol. The molecule has 0 aliphatic carbocycles. The third-order valence-electron chi connectivity index (χ3n) is 2.28. The Morgan fingerprint density at radius 3 is 2.67 bits per heavy atom. The summed E-state index contributed by atoms with van der Waals surface area (Å²) >= 11 is 0. The van der Waals surface area contributed by atoms with Crippen LogP contribution in [-0.4, -0.2) is 19.0 Å². The number of rotatable bonds is 6. The Morgan fingerprint density at radius 1 is 1.28 bits per heavy atom. The zero-order chi connectivity index (χ0) is 13.5. The molecule has 0 unspecified atom stereocenters. The second-order valence-electron chi connectivity index (χ2n) is 3.81. The lowest BCUT2D eigenvalue weighted by Crippen LogP contribution is -2.30. The number of halogens is 3. The molecule has 0 atom stereocenters. The number of hydrogen-bond donors (Lipinski definition) is 2. The van der Waals surface area contributed by atoms with Crippen molar-refractivity contribution in [1.82, 2.24) is 5.32 Å².